The molecule has 0 bridgehead atoms. The van der Waals surface area contributed by atoms with E-state index in [1.807, 2.05) is 56.3 Å². The van der Waals surface area contributed by atoms with Crippen LogP contribution in [0.5, 0.6) is 0 Å². The molecule has 1 saturated carbocycles. The second-order valence-corrected chi connectivity index (χ2v) is 11.7. The number of rotatable bonds is 5. The standard InChI is InChI=1S/C36H32N2O5/c1-22-13-17-24(18-14-22)28-21-35(43,27-11-7-4-8-12-27)30(31(39)26-9-5-3-6-10-26)29(25-19-15-23(2)16-20-25)36(28)32(40)37-34(42)38-33(36)41/h3-20,28-30,43H,21H2,1-2H3,(H2,37,38,40,41,42). The van der Waals surface area contributed by atoms with E-state index in [4.69, 9.17) is 0 Å². The number of benzene rings is 4. The van der Waals surface area contributed by atoms with Crippen LogP contribution in [-0.4, -0.2) is 28.7 Å². The first kappa shape index (κ1) is 28.2. The van der Waals surface area contributed by atoms with Crippen LogP contribution in [0.2, 0.25) is 0 Å². The van der Waals surface area contributed by atoms with Crippen molar-refractivity contribution < 1.29 is 24.3 Å². The molecule has 2 fully saturated rings. The predicted molar refractivity (Wildman–Crippen MR) is 161 cm³/mol. The van der Waals surface area contributed by atoms with Crippen molar-refractivity contribution in [2.75, 3.05) is 0 Å². The fourth-order valence-corrected chi connectivity index (χ4v) is 7.08. The van der Waals surface area contributed by atoms with Gasteiger partial charge in [0.2, 0.25) is 11.8 Å². The molecule has 1 aliphatic carbocycles. The number of aliphatic hydroxyl groups is 1. The van der Waals surface area contributed by atoms with Gasteiger partial charge in [-0.3, -0.25) is 25.0 Å². The van der Waals surface area contributed by atoms with E-state index in [1.165, 1.54) is 0 Å². The van der Waals surface area contributed by atoms with E-state index in [0.29, 0.717) is 22.3 Å². The van der Waals surface area contributed by atoms with Crippen molar-refractivity contribution in [1.82, 2.24) is 10.6 Å². The number of Topliss-reactive ketones (excluding diaryl/α,β-unsaturated/α-hetero) is 1. The minimum atomic E-state index is -1.95. The Balaban J connectivity index is 1.72. The molecule has 1 heterocycles. The first-order valence-corrected chi connectivity index (χ1v) is 14.3. The van der Waals surface area contributed by atoms with Crippen molar-refractivity contribution in [1.29, 1.82) is 0 Å². The van der Waals surface area contributed by atoms with Gasteiger partial charge in [0.25, 0.3) is 0 Å². The van der Waals surface area contributed by atoms with Gasteiger partial charge in [-0.05, 0) is 37.0 Å². The molecule has 43 heavy (non-hydrogen) atoms. The molecule has 4 unspecified atom stereocenters. The molecule has 1 aliphatic heterocycles. The van der Waals surface area contributed by atoms with Gasteiger partial charge in [0.15, 0.2) is 5.78 Å². The Morgan fingerprint density at radius 2 is 1.19 bits per heavy atom. The predicted octanol–water partition coefficient (Wildman–Crippen LogP) is 5.31. The molecule has 0 radical (unpaired) electrons. The monoisotopic (exact) mass is 572 g/mol. The van der Waals surface area contributed by atoms with Gasteiger partial charge in [0, 0.05) is 17.4 Å². The lowest BCUT2D eigenvalue weighted by Crippen LogP contribution is -2.71. The highest BCUT2D eigenvalue weighted by atomic mass is 16.3. The lowest BCUT2D eigenvalue weighted by Gasteiger charge is -2.57. The van der Waals surface area contributed by atoms with E-state index in [0.717, 1.165) is 11.1 Å². The minimum absolute atomic E-state index is 0.124. The maximum absolute atomic E-state index is 14.7. The van der Waals surface area contributed by atoms with Crippen LogP contribution >= 0.6 is 0 Å². The van der Waals surface area contributed by atoms with Crippen molar-refractivity contribution in [3.05, 3.63) is 143 Å². The molecule has 6 rings (SSSR count). The lowest BCUT2D eigenvalue weighted by molar-refractivity contribution is -0.162. The van der Waals surface area contributed by atoms with Gasteiger partial charge in [-0.15, -0.1) is 0 Å². The van der Waals surface area contributed by atoms with Gasteiger partial charge in [-0.25, -0.2) is 4.79 Å². The van der Waals surface area contributed by atoms with Crippen LogP contribution in [0.25, 0.3) is 0 Å². The molecule has 7 nitrogen and oxygen atoms in total. The highest BCUT2D eigenvalue weighted by molar-refractivity contribution is 6.21. The van der Waals surface area contributed by atoms with Crippen LogP contribution in [0.3, 0.4) is 0 Å². The summed E-state index contributed by atoms with van der Waals surface area (Å²) in [6.45, 7) is 3.85. The zero-order valence-corrected chi connectivity index (χ0v) is 23.9. The van der Waals surface area contributed by atoms with Crippen molar-refractivity contribution in [2.45, 2.75) is 37.7 Å². The number of aryl methyl sites for hydroxylation is 2. The fraction of sp³-hybridized carbons (Fsp3) is 0.222. The summed E-state index contributed by atoms with van der Waals surface area (Å²) >= 11 is 0. The average Bonchev–Trinajstić information content (AvgIpc) is 3.01. The van der Waals surface area contributed by atoms with Crippen LogP contribution in [-0.2, 0) is 15.2 Å². The number of carbonyl (C=O) groups is 4. The maximum atomic E-state index is 14.7. The molecule has 4 amide bonds. The molecule has 1 spiro atoms. The van der Waals surface area contributed by atoms with Crippen molar-refractivity contribution in [3.63, 3.8) is 0 Å². The Morgan fingerprint density at radius 3 is 1.72 bits per heavy atom. The molecule has 4 aromatic carbocycles. The summed E-state index contributed by atoms with van der Waals surface area (Å²) in [5, 5.41) is 17.7. The Kier molecular flexibility index (Phi) is 7.06. The van der Waals surface area contributed by atoms with Crippen molar-refractivity contribution >= 4 is 23.6 Å². The van der Waals surface area contributed by atoms with Gasteiger partial charge in [-0.2, -0.15) is 0 Å². The van der Waals surface area contributed by atoms with Gasteiger partial charge >= 0.3 is 6.03 Å². The zero-order valence-electron chi connectivity index (χ0n) is 23.9. The Hall–Kier alpha value is -4.88. The molecule has 2 aliphatic rings. The molecule has 1 saturated heterocycles. The SMILES string of the molecule is Cc1ccc(C2CC(O)(c3ccccc3)C(C(=O)c3ccccc3)C(c3ccc(C)cc3)C23C(=O)NC(=O)NC3=O)cc1. The van der Waals surface area contributed by atoms with Gasteiger partial charge in [0.1, 0.15) is 11.0 Å². The summed E-state index contributed by atoms with van der Waals surface area (Å²) in [6.07, 6.45) is -0.124. The summed E-state index contributed by atoms with van der Waals surface area (Å²) in [6, 6.07) is 31.4. The summed E-state index contributed by atoms with van der Waals surface area (Å²) in [5.74, 6) is -5.32. The summed E-state index contributed by atoms with van der Waals surface area (Å²) < 4.78 is 0. The van der Waals surface area contributed by atoms with E-state index in [9.17, 15) is 24.3 Å². The minimum Gasteiger partial charge on any atom is -0.384 e. The van der Waals surface area contributed by atoms with Crippen molar-refractivity contribution in [2.24, 2.45) is 11.3 Å². The quantitative estimate of drug-likeness (QED) is 0.222. The molecule has 0 aromatic heterocycles. The molecule has 4 aromatic rings. The topological polar surface area (TPSA) is 113 Å². The van der Waals surface area contributed by atoms with Gasteiger partial charge in [-0.1, -0.05) is 120 Å². The van der Waals surface area contributed by atoms with Crippen LogP contribution in [0.1, 0.15) is 56.4 Å². The van der Waals surface area contributed by atoms with Gasteiger partial charge < -0.3 is 5.11 Å². The highest BCUT2D eigenvalue weighted by Crippen LogP contribution is 2.64. The smallest absolute Gasteiger partial charge is 0.328 e. The number of barbiturate groups is 1. The fourth-order valence-electron chi connectivity index (χ4n) is 7.08. The Bertz CT molecular complexity index is 1680. The molecular formula is C36H32N2O5. The third-order valence-corrected chi connectivity index (χ3v) is 9.14. The number of nitrogens with one attached hydrogen (secondary N) is 2. The lowest BCUT2D eigenvalue weighted by atomic mass is 9.46. The number of urea groups is 1. The van der Waals surface area contributed by atoms with Crippen LogP contribution in [0, 0.1) is 25.2 Å². The normalized spacial score (nSPS) is 24.7. The molecular weight excluding hydrogens is 540 g/mol. The molecule has 4 atom stereocenters. The Morgan fingerprint density at radius 1 is 0.698 bits per heavy atom. The summed E-state index contributed by atoms with van der Waals surface area (Å²) in [7, 11) is 0. The largest absolute Gasteiger partial charge is 0.384 e. The van der Waals surface area contributed by atoms with Gasteiger partial charge in [0.05, 0.1) is 5.92 Å². The average molecular weight is 573 g/mol. The summed E-state index contributed by atoms with van der Waals surface area (Å²) in [4.78, 5) is 56.0. The van der Waals surface area contributed by atoms with E-state index in [2.05, 4.69) is 10.6 Å². The number of hydrogen-bond acceptors (Lipinski definition) is 5. The van der Waals surface area contributed by atoms with E-state index < -0.39 is 52.4 Å². The maximum Gasteiger partial charge on any atom is 0.328 e. The van der Waals surface area contributed by atoms with E-state index >= 15 is 0 Å². The molecule has 7 heteroatoms. The molecule has 216 valence electrons. The number of imide groups is 2. The van der Waals surface area contributed by atoms with Crippen molar-refractivity contribution in [3.8, 4) is 0 Å². The Labute approximate surface area is 250 Å². The van der Waals surface area contributed by atoms with Crippen LogP contribution in [0.15, 0.2) is 109 Å². The number of amides is 4. The van der Waals surface area contributed by atoms with E-state index in [1.54, 1.807) is 66.7 Å². The summed E-state index contributed by atoms with van der Waals surface area (Å²) in [5.41, 5.74) is 0.193. The van der Waals surface area contributed by atoms with Crippen LogP contribution < -0.4 is 10.6 Å². The number of hydrogen-bond donors (Lipinski definition) is 3. The highest BCUT2D eigenvalue weighted by Gasteiger charge is 2.70. The first-order valence-electron chi connectivity index (χ1n) is 14.3. The van der Waals surface area contributed by atoms with Crippen LogP contribution in [0.4, 0.5) is 4.79 Å². The zero-order chi connectivity index (χ0) is 30.4. The first-order chi connectivity index (χ1) is 20.7. The second-order valence-electron chi connectivity index (χ2n) is 11.7. The third-order valence-electron chi connectivity index (χ3n) is 9.14. The second kappa shape index (κ2) is 10.7. The number of carbonyl (C=O) groups excluding carboxylic acids is 4. The number of ketones is 1. The third kappa shape index (κ3) is 4.57. The van der Waals surface area contributed by atoms with E-state index in [-0.39, 0.29) is 6.42 Å². The molecule has 3 N–H and O–H groups in total.